The number of hydrogen-bond donors (Lipinski definition) is 1. The highest BCUT2D eigenvalue weighted by Gasteiger charge is 2.44. The minimum Gasteiger partial charge on any atom is -0.338 e. The minimum atomic E-state index is -0.572. The molecule has 0 unspecified atom stereocenters. The summed E-state index contributed by atoms with van der Waals surface area (Å²) < 4.78 is 0. The van der Waals surface area contributed by atoms with Crippen LogP contribution in [0.3, 0.4) is 0 Å². The van der Waals surface area contributed by atoms with E-state index in [0.717, 1.165) is 18.4 Å². The molecule has 0 radical (unpaired) electrons. The molecule has 4 heteroatoms. The normalized spacial score (nSPS) is 16.0. The molecule has 0 aliphatic heterocycles. The molecule has 0 saturated heterocycles. The first-order valence-electron chi connectivity index (χ1n) is 5.61. The Morgan fingerprint density at radius 1 is 1.47 bits per heavy atom. The quantitative estimate of drug-likeness (QED) is 0.890. The van der Waals surface area contributed by atoms with Gasteiger partial charge in [0.25, 0.3) is 0 Å². The number of hydrogen-bond acceptors (Lipinski definition) is 2. The van der Waals surface area contributed by atoms with E-state index in [9.17, 15) is 4.79 Å². The number of halogens is 1. The van der Waals surface area contributed by atoms with Gasteiger partial charge in [-0.2, -0.15) is 5.26 Å². The number of carbonyl (C=O) groups excluding carboxylic acids is 1. The first kappa shape index (κ1) is 11.9. The molecule has 0 aromatic heterocycles. The van der Waals surface area contributed by atoms with Crippen molar-refractivity contribution >= 4 is 17.5 Å². The van der Waals surface area contributed by atoms with E-state index in [1.807, 2.05) is 24.3 Å². The summed E-state index contributed by atoms with van der Waals surface area (Å²) in [6.45, 7) is 0. The molecule has 1 N–H and O–H groups in total. The summed E-state index contributed by atoms with van der Waals surface area (Å²) in [6.07, 6.45) is 2.50. The smallest absolute Gasteiger partial charge is 0.221 e. The lowest BCUT2D eigenvalue weighted by Gasteiger charge is -2.09. The summed E-state index contributed by atoms with van der Waals surface area (Å²) >= 11 is 6.00. The van der Waals surface area contributed by atoms with Crippen LogP contribution in [-0.4, -0.2) is 11.4 Å². The fraction of sp³-hybridized carbons (Fsp3) is 0.385. The van der Waals surface area contributed by atoms with Crippen molar-refractivity contribution in [2.24, 2.45) is 0 Å². The average Bonchev–Trinajstić information content (AvgIpc) is 3.08. The van der Waals surface area contributed by atoms with Crippen LogP contribution in [0.1, 0.15) is 24.8 Å². The predicted octanol–water partition coefficient (Wildman–Crippen LogP) is 2.44. The van der Waals surface area contributed by atoms with Crippen LogP contribution in [0.15, 0.2) is 24.3 Å². The van der Waals surface area contributed by atoms with Crippen molar-refractivity contribution in [3.8, 4) is 6.07 Å². The van der Waals surface area contributed by atoms with Crippen molar-refractivity contribution < 1.29 is 4.79 Å². The summed E-state index contributed by atoms with van der Waals surface area (Å²) in [7, 11) is 0. The molecule has 1 aliphatic rings. The topological polar surface area (TPSA) is 52.9 Å². The number of nitriles is 1. The summed E-state index contributed by atoms with van der Waals surface area (Å²) in [5.74, 6) is -0.0797. The zero-order chi connectivity index (χ0) is 12.3. The maximum absolute atomic E-state index is 11.6. The number of aryl methyl sites for hydroxylation is 1. The van der Waals surface area contributed by atoms with Crippen LogP contribution in [0.2, 0.25) is 5.02 Å². The lowest BCUT2D eigenvalue weighted by molar-refractivity contribution is -0.121. The Balaban J connectivity index is 1.85. The Hall–Kier alpha value is -1.53. The highest BCUT2D eigenvalue weighted by molar-refractivity contribution is 6.31. The molecule has 3 nitrogen and oxygen atoms in total. The van der Waals surface area contributed by atoms with Gasteiger partial charge >= 0.3 is 0 Å². The third kappa shape index (κ3) is 2.98. The molecule has 0 spiro atoms. The number of rotatable bonds is 4. The van der Waals surface area contributed by atoms with Crippen molar-refractivity contribution in [1.29, 1.82) is 5.26 Å². The van der Waals surface area contributed by atoms with Gasteiger partial charge in [0, 0.05) is 11.4 Å². The van der Waals surface area contributed by atoms with E-state index in [0.29, 0.717) is 17.9 Å². The molecule has 1 aliphatic carbocycles. The Labute approximate surface area is 105 Å². The second kappa shape index (κ2) is 4.77. The van der Waals surface area contributed by atoms with Gasteiger partial charge in [-0.25, -0.2) is 0 Å². The Bertz CT molecular complexity index is 475. The molecule has 0 atom stereocenters. The Kier molecular flexibility index (Phi) is 3.35. The Morgan fingerprint density at radius 2 is 2.18 bits per heavy atom. The molecule has 0 bridgehead atoms. The third-order valence-electron chi connectivity index (χ3n) is 2.92. The maximum atomic E-state index is 11.6. The molecule has 1 amide bonds. The van der Waals surface area contributed by atoms with Crippen molar-refractivity contribution in [3.05, 3.63) is 34.9 Å². The summed E-state index contributed by atoms with van der Waals surface area (Å²) in [5, 5.41) is 12.3. The molecule has 1 aromatic rings. The van der Waals surface area contributed by atoms with Crippen molar-refractivity contribution in [3.63, 3.8) is 0 Å². The van der Waals surface area contributed by atoms with Gasteiger partial charge in [-0.15, -0.1) is 0 Å². The number of amides is 1. The van der Waals surface area contributed by atoms with Crippen LogP contribution in [0, 0.1) is 11.3 Å². The predicted molar refractivity (Wildman–Crippen MR) is 65.5 cm³/mol. The van der Waals surface area contributed by atoms with Crippen LogP contribution < -0.4 is 5.32 Å². The monoisotopic (exact) mass is 248 g/mol. The van der Waals surface area contributed by atoms with Crippen LogP contribution >= 0.6 is 11.6 Å². The SMILES string of the molecule is N#CC1(NC(=O)CCc2ccccc2Cl)CC1. The van der Waals surface area contributed by atoms with E-state index in [2.05, 4.69) is 11.4 Å². The Morgan fingerprint density at radius 3 is 2.76 bits per heavy atom. The standard InChI is InChI=1S/C13H13ClN2O/c14-11-4-2-1-3-10(11)5-6-12(17)16-13(9-15)7-8-13/h1-4H,5-8H2,(H,16,17). The van der Waals surface area contributed by atoms with E-state index >= 15 is 0 Å². The van der Waals surface area contributed by atoms with Crippen LogP contribution in [0.4, 0.5) is 0 Å². The first-order valence-corrected chi connectivity index (χ1v) is 5.99. The minimum absolute atomic E-state index is 0.0797. The lowest BCUT2D eigenvalue weighted by Crippen LogP contribution is -2.35. The molecule has 1 fully saturated rings. The van der Waals surface area contributed by atoms with Gasteiger partial charge in [-0.3, -0.25) is 4.79 Å². The fourth-order valence-electron chi connectivity index (χ4n) is 1.67. The molecule has 1 saturated carbocycles. The molecule has 17 heavy (non-hydrogen) atoms. The zero-order valence-corrected chi connectivity index (χ0v) is 10.1. The largest absolute Gasteiger partial charge is 0.338 e. The number of benzene rings is 1. The maximum Gasteiger partial charge on any atom is 0.221 e. The van der Waals surface area contributed by atoms with Gasteiger partial charge in [0.2, 0.25) is 5.91 Å². The number of nitrogens with zero attached hydrogens (tertiary/aromatic N) is 1. The van der Waals surface area contributed by atoms with Gasteiger partial charge in [0.1, 0.15) is 5.54 Å². The zero-order valence-electron chi connectivity index (χ0n) is 9.37. The van der Waals surface area contributed by atoms with E-state index < -0.39 is 5.54 Å². The lowest BCUT2D eigenvalue weighted by atomic mass is 10.1. The van der Waals surface area contributed by atoms with Crippen LogP contribution in [-0.2, 0) is 11.2 Å². The van der Waals surface area contributed by atoms with Gasteiger partial charge < -0.3 is 5.32 Å². The highest BCUT2D eigenvalue weighted by atomic mass is 35.5. The first-order chi connectivity index (χ1) is 8.15. The number of carbonyl (C=O) groups is 1. The van der Waals surface area contributed by atoms with Crippen molar-refractivity contribution in [2.45, 2.75) is 31.2 Å². The van der Waals surface area contributed by atoms with E-state index in [4.69, 9.17) is 16.9 Å². The van der Waals surface area contributed by atoms with E-state index in [1.165, 1.54) is 0 Å². The summed E-state index contributed by atoms with van der Waals surface area (Å²) in [5.41, 5.74) is 0.392. The van der Waals surface area contributed by atoms with E-state index in [1.54, 1.807) is 0 Å². The van der Waals surface area contributed by atoms with Crippen molar-refractivity contribution in [2.75, 3.05) is 0 Å². The summed E-state index contributed by atoms with van der Waals surface area (Å²) in [6, 6.07) is 9.62. The average molecular weight is 249 g/mol. The van der Waals surface area contributed by atoms with Gasteiger partial charge in [0.15, 0.2) is 0 Å². The van der Waals surface area contributed by atoms with Crippen LogP contribution in [0.5, 0.6) is 0 Å². The molecule has 2 rings (SSSR count). The van der Waals surface area contributed by atoms with Gasteiger partial charge in [0.05, 0.1) is 6.07 Å². The highest BCUT2D eigenvalue weighted by Crippen LogP contribution is 2.34. The van der Waals surface area contributed by atoms with Gasteiger partial charge in [-0.1, -0.05) is 29.8 Å². The molecule has 1 aromatic carbocycles. The van der Waals surface area contributed by atoms with Gasteiger partial charge in [-0.05, 0) is 30.9 Å². The summed E-state index contributed by atoms with van der Waals surface area (Å²) in [4.78, 5) is 11.6. The second-order valence-electron chi connectivity index (χ2n) is 4.33. The molecular weight excluding hydrogens is 236 g/mol. The molecule has 88 valence electrons. The van der Waals surface area contributed by atoms with Crippen LogP contribution in [0.25, 0.3) is 0 Å². The third-order valence-corrected chi connectivity index (χ3v) is 3.29. The molecule has 0 heterocycles. The fourth-order valence-corrected chi connectivity index (χ4v) is 1.90. The van der Waals surface area contributed by atoms with E-state index in [-0.39, 0.29) is 5.91 Å². The number of nitrogens with one attached hydrogen (secondary N) is 1. The molecular formula is C13H13ClN2O. The second-order valence-corrected chi connectivity index (χ2v) is 4.74. The van der Waals surface area contributed by atoms with Crippen molar-refractivity contribution in [1.82, 2.24) is 5.32 Å².